The maximum atomic E-state index is 12.9. The van der Waals surface area contributed by atoms with Crippen LogP contribution in [0, 0.1) is 0 Å². The highest BCUT2D eigenvalue weighted by Crippen LogP contribution is 2.41. The highest BCUT2D eigenvalue weighted by molar-refractivity contribution is 6.37. The van der Waals surface area contributed by atoms with E-state index < -0.39 is 21.8 Å². The molecule has 0 saturated carbocycles. The van der Waals surface area contributed by atoms with Gasteiger partial charge in [0.1, 0.15) is 0 Å². The number of halogens is 5. The fraction of sp³-hybridized carbons (Fsp3) is 0.333. The second-order valence-electron chi connectivity index (χ2n) is 4.16. The summed E-state index contributed by atoms with van der Waals surface area (Å²) in [6, 6.07) is 2.52. The molecule has 0 spiro atoms. The molecule has 0 saturated heterocycles. The van der Waals surface area contributed by atoms with Gasteiger partial charge in [-0.3, -0.25) is 0 Å². The SMILES string of the molecule is CCCc1cn(-c2ccc(Cl)c(C(F)(F)F)c2Cl)nn1. The number of aryl methyl sites for hydroxylation is 1. The first-order chi connectivity index (χ1) is 9.34. The molecule has 0 N–H and O–H groups in total. The summed E-state index contributed by atoms with van der Waals surface area (Å²) in [7, 11) is 0. The maximum absolute atomic E-state index is 12.9. The minimum atomic E-state index is -4.63. The Hall–Kier alpha value is -1.27. The first-order valence-electron chi connectivity index (χ1n) is 5.81. The highest BCUT2D eigenvalue weighted by Gasteiger charge is 2.37. The van der Waals surface area contributed by atoms with Crippen molar-refractivity contribution in [3.05, 3.63) is 39.6 Å². The lowest BCUT2D eigenvalue weighted by atomic mass is 10.2. The second kappa shape index (κ2) is 5.61. The summed E-state index contributed by atoms with van der Waals surface area (Å²) in [5, 5.41) is 6.74. The van der Waals surface area contributed by atoms with Crippen molar-refractivity contribution in [2.24, 2.45) is 0 Å². The van der Waals surface area contributed by atoms with Gasteiger partial charge in [-0.25, -0.2) is 4.68 Å². The maximum Gasteiger partial charge on any atom is 0.419 e. The number of nitrogens with zero attached hydrogens (tertiary/aromatic N) is 3. The Bertz CT molecular complexity index is 623. The Kier molecular flexibility index (Phi) is 4.25. The first-order valence-corrected chi connectivity index (χ1v) is 6.57. The van der Waals surface area contributed by atoms with Gasteiger partial charge in [-0.1, -0.05) is 41.8 Å². The zero-order chi connectivity index (χ0) is 14.9. The van der Waals surface area contributed by atoms with Crippen LogP contribution in [0.2, 0.25) is 10.0 Å². The smallest absolute Gasteiger partial charge is 0.219 e. The van der Waals surface area contributed by atoms with Crippen LogP contribution in [0.15, 0.2) is 18.3 Å². The average molecular weight is 324 g/mol. The van der Waals surface area contributed by atoms with E-state index in [2.05, 4.69) is 10.3 Å². The zero-order valence-electron chi connectivity index (χ0n) is 10.4. The van der Waals surface area contributed by atoms with Crippen LogP contribution < -0.4 is 0 Å². The van der Waals surface area contributed by atoms with E-state index in [1.165, 1.54) is 10.7 Å². The third-order valence-electron chi connectivity index (χ3n) is 2.65. The molecule has 0 bridgehead atoms. The predicted octanol–water partition coefficient (Wildman–Crippen LogP) is 4.55. The standard InChI is InChI=1S/C12H10Cl2F3N3/c1-2-3-7-6-20(19-18-7)9-5-4-8(13)10(11(9)14)12(15,16)17/h4-6H,2-3H2,1H3. The van der Waals surface area contributed by atoms with Crippen LogP contribution in [-0.2, 0) is 12.6 Å². The van der Waals surface area contributed by atoms with Crippen LogP contribution in [0.5, 0.6) is 0 Å². The molecule has 20 heavy (non-hydrogen) atoms. The summed E-state index contributed by atoms with van der Waals surface area (Å²) in [6.45, 7) is 1.97. The Morgan fingerprint density at radius 3 is 2.55 bits per heavy atom. The van der Waals surface area contributed by atoms with Crippen molar-refractivity contribution < 1.29 is 13.2 Å². The molecule has 2 aromatic rings. The van der Waals surface area contributed by atoms with E-state index in [9.17, 15) is 13.2 Å². The van der Waals surface area contributed by atoms with Gasteiger partial charge in [0.15, 0.2) is 0 Å². The summed E-state index contributed by atoms with van der Waals surface area (Å²) < 4.78 is 40.0. The number of benzene rings is 1. The summed E-state index contributed by atoms with van der Waals surface area (Å²) in [5.74, 6) is 0. The lowest BCUT2D eigenvalue weighted by Crippen LogP contribution is -2.09. The second-order valence-corrected chi connectivity index (χ2v) is 4.94. The lowest BCUT2D eigenvalue weighted by molar-refractivity contribution is -0.137. The summed E-state index contributed by atoms with van der Waals surface area (Å²) in [4.78, 5) is 0. The van der Waals surface area contributed by atoms with Gasteiger partial charge in [-0.15, -0.1) is 5.10 Å². The molecule has 0 aliphatic rings. The van der Waals surface area contributed by atoms with E-state index in [4.69, 9.17) is 23.2 Å². The fourth-order valence-electron chi connectivity index (χ4n) is 1.77. The molecule has 0 aliphatic carbocycles. The van der Waals surface area contributed by atoms with Crippen LogP contribution in [0.4, 0.5) is 13.2 Å². The van der Waals surface area contributed by atoms with Crippen molar-refractivity contribution in [3.8, 4) is 5.69 Å². The molecule has 0 amide bonds. The van der Waals surface area contributed by atoms with E-state index in [0.29, 0.717) is 12.1 Å². The minimum Gasteiger partial charge on any atom is -0.219 e. The molecule has 2 rings (SSSR count). The molecule has 1 aromatic carbocycles. The van der Waals surface area contributed by atoms with Gasteiger partial charge in [0.2, 0.25) is 0 Å². The largest absolute Gasteiger partial charge is 0.419 e. The first kappa shape index (κ1) is 15.1. The van der Waals surface area contributed by atoms with Gasteiger partial charge < -0.3 is 0 Å². The fourth-order valence-corrected chi connectivity index (χ4v) is 2.44. The molecular weight excluding hydrogens is 314 g/mol. The van der Waals surface area contributed by atoms with Crippen molar-refractivity contribution in [1.29, 1.82) is 0 Å². The van der Waals surface area contributed by atoms with Gasteiger partial charge in [0, 0.05) is 0 Å². The van der Waals surface area contributed by atoms with Gasteiger partial charge in [0.05, 0.1) is 33.2 Å². The highest BCUT2D eigenvalue weighted by atomic mass is 35.5. The molecule has 0 radical (unpaired) electrons. The third kappa shape index (κ3) is 2.91. The number of alkyl halides is 3. The topological polar surface area (TPSA) is 30.7 Å². The van der Waals surface area contributed by atoms with E-state index in [1.807, 2.05) is 6.92 Å². The molecule has 0 fully saturated rings. The van der Waals surface area contributed by atoms with Gasteiger partial charge in [-0.2, -0.15) is 13.2 Å². The lowest BCUT2D eigenvalue weighted by Gasteiger charge is -2.13. The molecule has 0 aliphatic heterocycles. The van der Waals surface area contributed by atoms with Crippen LogP contribution in [-0.4, -0.2) is 15.0 Å². The Morgan fingerprint density at radius 1 is 1.25 bits per heavy atom. The molecule has 0 unspecified atom stereocenters. The van der Waals surface area contributed by atoms with E-state index >= 15 is 0 Å². The van der Waals surface area contributed by atoms with Crippen molar-refractivity contribution in [2.75, 3.05) is 0 Å². The monoisotopic (exact) mass is 323 g/mol. The average Bonchev–Trinajstić information content (AvgIpc) is 2.76. The van der Waals surface area contributed by atoms with Crippen molar-refractivity contribution in [1.82, 2.24) is 15.0 Å². The number of aromatic nitrogens is 3. The van der Waals surface area contributed by atoms with Crippen molar-refractivity contribution in [2.45, 2.75) is 25.9 Å². The zero-order valence-corrected chi connectivity index (χ0v) is 11.9. The molecule has 1 heterocycles. The predicted molar refractivity (Wildman–Crippen MR) is 70.4 cm³/mol. The Morgan fingerprint density at radius 2 is 1.95 bits per heavy atom. The molecule has 8 heteroatoms. The van der Waals surface area contributed by atoms with Gasteiger partial charge >= 0.3 is 6.18 Å². The Labute approximate surface area is 123 Å². The number of rotatable bonds is 3. The summed E-state index contributed by atoms with van der Waals surface area (Å²) in [5.41, 5.74) is -0.281. The minimum absolute atomic E-state index is 0.0956. The molecule has 3 nitrogen and oxygen atoms in total. The van der Waals surface area contributed by atoms with Crippen molar-refractivity contribution >= 4 is 23.2 Å². The Balaban J connectivity index is 2.52. The van der Waals surface area contributed by atoms with Crippen LogP contribution in [0.3, 0.4) is 0 Å². The molecular formula is C12H10Cl2F3N3. The molecule has 1 aromatic heterocycles. The van der Waals surface area contributed by atoms with E-state index in [0.717, 1.165) is 12.5 Å². The summed E-state index contributed by atoms with van der Waals surface area (Å²) in [6.07, 6.45) is -1.52. The van der Waals surface area contributed by atoms with Gasteiger partial charge in [-0.05, 0) is 18.6 Å². The van der Waals surface area contributed by atoms with Gasteiger partial charge in [0.25, 0.3) is 0 Å². The normalized spacial score (nSPS) is 11.9. The summed E-state index contributed by atoms with van der Waals surface area (Å²) >= 11 is 11.4. The molecule has 108 valence electrons. The van der Waals surface area contributed by atoms with Crippen molar-refractivity contribution in [3.63, 3.8) is 0 Å². The number of hydrogen-bond donors (Lipinski definition) is 0. The van der Waals surface area contributed by atoms with Crippen LogP contribution in [0.25, 0.3) is 5.69 Å². The van der Waals surface area contributed by atoms with Crippen LogP contribution >= 0.6 is 23.2 Å². The number of hydrogen-bond acceptors (Lipinski definition) is 2. The molecule has 0 atom stereocenters. The van der Waals surface area contributed by atoms with E-state index in [1.54, 1.807) is 6.20 Å². The quantitative estimate of drug-likeness (QED) is 0.829. The third-order valence-corrected chi connectivity index (χ3v) is 3.35. The van der Waals surface area contributed by atoms with Crippen LogP contribution in [0.1, 0.15) is 24.6 Å². The van der Waals surface area contributed by atoms with E-state index in [-0.39, 0.29) is 5.69 Å².